The molecule has 1 aromatic heterocycles. The molecular weight excluding hydrogens is 582 g/mol. The first-order valence-electron chi connectivity index (χ1n) is 13.1. The smallest absolute Gasteiger partial charge is 0.236 e. The molecule has 0 spiro atoms. The Labute approximate surface area is 249 Å². The number of nitrogens with zero attached hydrogens (tertiary/aromatic N) is 4. The van der Waals surface area contributed by atoms with Crippen molar-refractivity contribution in [1.29, 1.82) is 5.26 Å². The molecule has 0 atom stereocenters. The van der Waals surface area contributed by atoms with Gasteiger partial charge in [-0.15, -0.1) is 0 Å². The largest absolute Gasteiger partial charge is 0.489 e. The van der Waals surface area contributed by atoms with Crippen LogP contribution in [0.15, 0.2) is 48.7 Å². The molecule has 2 aromatic carbocycles. The number of nitriles is 1. The Bertz CT molecular complexity index is 1620. The lowest BCUT2D eigenvalue weighted by molar-refractivity contribution is -0.148. The maximum Gasteiger partial charge on any atom is 0.236 e. The highest BCUT2D eigenvalue weighted by Crippen LogP contribution is 2.38. The number of likely N-dealkylation sites (tertiary alicyclic amines) is 1. The number of hydrogen-bond acceptors (Lipinski definition) is 9. The minimum absolute atomic E-state index is 0.0284. The van der Waals surface area contributed by atoms with E-state index in [1.165, 1.54) is 11.1 Å². The molecular formula is C29H30ClN5O6S. The fraction of sp³-hybridized carbons (Fsp3) is 0.345. The lowest BCUT2D eigenvalue weighted by atomic mass is 9.77. The molecule has 2 heterocycles. The molecule has 2 amide bonds. The number of benzene rings is 2. The zero-order valence-corrected chi connectivity index (χ0v) is 25.0. The SMILES string of the molecule is CC(C)(c1ccc(OCc2ccnc(NS(C)(=O)=O)n2)cc1)c1cc(Cl)c(OCCN2C(=O)CCCC2=O)c(C#N)c1. The number of sulfonamides is 1. The first-order chi connectivity index (χ1) is 19.9. The van der Waals surface area contributed by atoms with Crippen LogP contribution in [0.3, 0.4) is 0 Å². The molecule has 1 N–H and O–H groups in total. The Hall–Kier alpha value is -4.21. The monoisotopic (exact) mass is 611 g/mol. The van der Waals surface area contributed by atoms with Crippen molar-refractivity contribution in [2.75, 3.05) is 24.1 Å². The summed E-state index contributed by atoms with van der Waals surface area (Å²) in [5, 5.41) is 10.1. The van der Waals surface area contributed by atoms with Crippen LogP contribution in [-0.4, -0.2) is 54.5 Å². The normalized spacial score (nSPS) is 13.9. The van der Waals surface area contributed by atoms with Gasteiger partial charge in [0.05, 0.1) is 29.1 Å². The molecule has 0 saturated carbocycles. The first kappa shape index (κ1) is 30.7. The lowest BCUT2D eigenvalue weighted by Gasteiger charge is -2.28. The van der Waals surface area contributed by atoms with Gasteiger partial charge in [-0.25, -0.2) is 18.4 Å². The number of halogens is 1. The van der Waals surface area contributed by atoms with Crippen LogP contribution < -0.4 is 14.2 Å². The van der Waals surface area contributed by atoms with Crippen molar-refractivity contribution < 1.29 is 27.5 Å². The molecule has 0 radical (unpaired) electrons. The summed E-state index contributed by atoms with van der Waals surface area (Å²) < 4.78 is 36.7. The molecule has 1 aliphatic heterocycles. The number of carbonyl (C=O) groups is 2. The predicted octanol–water partition coefficient (Wildman–Crippen LogP) is 4.20. The van der Waals surface area contributed by atoms with Crippen molar-refractivity contribution in [1.82, 2.24) is 14.9 Å². The number of anilines is 1. The van der Waals surface area contributed by atoms with Crippen LogP contribution in [0.2, 0.25) is 5.02 Å². The maximum absolute atomic E-state index is 12.0. The van der Waals surface area contributed by atoms with Gasteiger partial charge in [0.15, 0.2) is 5.75 Å². The molecule has 0 aliphatic carbocycles. The minimum Gasteiger partial charge on any atom is -0.489 e. The quantitative estimate of drug-likeness (QED) is 0.314. The number of piperidine rings is 1. The molecule has 11 nitrogen and oxygen atoms in total. The highest BCUT2D eigenvalue weighted by Gasteiger charge is 2.28. The predicted molar refractivity (Wildman–Crippen MR) is 156 cm³/mol. The topological polar surface area (TPSA) is 152 Å². The number of amides is 2. The van der Waals surface area contributed by atoms with Crippen LogP contribution in [0, 0.1) is 11.3 Å². The van der Waals surface area contributed by atoms with Crippen LogP contribution in [0.4, 0.5) is 5.95 Å². The van der Waals surface area contributed by atoms with Gasteiger partial charge in [-0.05, 0) is 47.9 Å². The summed E-state index contributed by atoms with van der Waals surface area (Å²) in [6, 6.07) is 14.7. The van der Waals surface area contributed by atoms with E-state index < -0.39 is 15.4 Å². The molecule has 1 saturated heterocycles. The van der Waals surface area contributed by atoms with Crippen molar-refractivity contribution in [2.45, 2.75) is 45.1 Å². The molecule has 13 heteroatoms. The molecule has 1 fully saturated rings. The van der Waals surface area contributed by atoms with Gasteiger partial charge in [-0.3, -0.25) is 19.2 Å². The number of rotatable bonds is 11. The van der Waals surface area contributed by atoms with Gasteiger partial charge in [-0.2, -0.15) is 5.26 Å². The van der Waals surface area contributed by atoms with Crippen molar-refractivity contribution in [3.05, 3.63) is 76.1 Å². The van der Waals surface area contributed by atoms with Gasteiger partial charge in [0.25, 0.3) is 0 Å². The summed E-state index contributed by atoms with van der Waals surface area (Å²) in [7, 11) is -3.50. The Morgan fingerprint density at radius 1 is 1.07 bits per heavy atom. The van der Waals surface area contributed by atoms with E-state index in [9.17, 15) is 23.3 Å². The molecule has 0 unspecified atom stereocenters. The maximum atomic E-state index is 12.0. The summed E-state index contributed by atoms with van der Waals surface area (Å²) in [6.07, 6.45) is 3.69. The van der Waals surface area contributed by atoms with Gasteiger partial charge < -0.3 is 9.47 Å². The number of aromatic nitrogens is 2. The number of imide groups is 1. The summed E-state index contributed by atoms with van der Waals surface area (Å²) in [4.78, 5) is 33.3. The zero-order chi connectivity index (χ0) is 30.5. The van der Waals surface area contributed by atoms with E-state index in [2.05, 4.69) is 20.8 Å². The summed E-state index contributed by atoms with van der Waals surface area (Å²) in [6.45, 7) is 4.23. The average molecular weight is 612 g/mol. The lowest BCUT2D eigenvalue weighted by Crippen LogP contribution is -2.42. The fourth-order valence-electron chi connectivity index (χ4n) is 4.46. The molecule has 3 aromatic rings. The van der Waals surface area contributed by atoms with Gasteiger partial charge in [-0.1, -0.05) is 37.6 Å². The Balaban J connectivity index is 1.43. The highest BCUT2D eigenvalue weighted by atomic mass is 35.5. The van der Waals surface area contributed by atoms with E-state index in [4.69, 9.17) is 21.1 Å². The summed E-state index contributed by atoms with van der Waals surface area (Å²) >= 11 is 6.57. The van der Waals surface area contributed by atoms with Crippen molar-refractivity contribution >= 4 is 39.4 Å². The highest BCUT2D eigenvalue weighted by molar-refractivity contribution is 7.91. The van der Waals surface area contributed by atoms with Gasteiger partial charge in [0.2, 0.25) is 27.8 Å². The standard InChI is InChI=1S/C29H30ClN5O6S/c1-29(2,20-7-9-23(10-8-20)41-18-22-11-12-32-28(33-22)34-42(3,38)39)21-15-19(17-31)27(24(30)16-21)40-14-13-35-25(36)5-4-6-26(35)37/h7-12,15-16H,4-6,13-14,18H2,1-3H3,(H,32,33,34). The number of hydrogen-bond donors (Lipinski definition) is 1. The third kappa shape index (κ3) is 7.54. The first-order valence-corrected chi connectivity index (χ1v) is 15.4. The third-order valence-electron chi connectivity index (χ3n) is 6.78. The Kier molecular flexibility index (Phi) is 9.33. The fourth-order valence-corrected chi connectivity index (χ4v) is 5.16. The van der Waals surface area contributed by atoms with Gasteiger partial charge in [0.1, 0.15) is 25.0 Å². The van der Waals surface area contributed by atoms with Crippen LogP contribution in [0.25, 0.3) is 0 Å². The van der Waals surface area contributed by atoms with Crippen LogP contribution in [-0.2, 0) is 31.6 Å². The molecule has 4 rings (SSSR count). The summed E-state index contributed by atoms with van der Waals surface area (Å²) in [5.41, 5.74) is 1.93. The van der Waals surface area contributed by atoms with Crippen LogP contribution in [0.5, 0.6) is 11.5 Å². The molecule has 0 bridgehead atoms. The second-order valence-corrected chi connectivity index (χ2v) is 12.4. The second kappa shape index (κ2) is 12.8. The van der Waals surface area contributed by atoms with Gasteiger partial charge in [0, 0.05) is 24.5 Å². The number of carbonyl (C=O) groups excluding carboxylic acids is 2. The third-order valence-corrected chi connectivity index (χ3v) is 7.62. The van der Waals surface area contributed by atoms with Crippen molar-refractivity contribution in [3.8, 4) is 17.6 Å². The Morgan fingerprint density at radius 3 is 2.40 bits per heavy atom. The number of nitrogens with one attached hydrogen (secondary N) is 1. The van der Waals surface area contributed by atoms with E-state index in [0.717, 1.165) is 17.4 Å². The summed E-state index contributed by atoms with van der Waals surface area (Å²) in [5.74, 6) is 0.310. The van der Waals surface area contributed by atoms with E-state index in [0.29, 0.717) is 30.7 Å². The zero-order valence-electron chi connectivity index (χ0n) is 23.4. The minimum atomic E-state index is -3.50. The van der Waals surface area contributed by atoms with E-state index in [1.807, 2.05) is 26.0 Å². The molecule has 42 heavy (non-hydrogen) atoms. The van der Waals surface area contributed by atoms with Crippen LogP contribution in [0.1, 0.15) is 55.5 Å². The van der Waals surface area contributed by atoms with E-state index in [-0.39, 0.29) is 53.9 Å². The number of ether oxygens (including phenoxy) is 2. The van der Waals surface area contributed by atoms with Gasteiger partial charge >= 0.3 is 0 Å². The Morgan fingerprint density at radius 2 is 1.76 bits per heavy atom. The molecule has 1 aliphatic rings. The van der Waals surface area contributed by atoms with Crippen molar-refractivity contribution in [2.24, 2.45) is 0 Å². The van der Waals surface area contributed by atoms with E-state index >= 15 is 0 Å². The van der Waals surface area contributed by atoms with Crippen LogP contribution >= 0.6 is 11.6 Å². The second-order valence-electron chi connectivity index (χ2n) is 10.3. The molecule has 220 valence electrons. The average Bonchev–Trinajstić information content (AvgIpc) is 2.93. The van der Waals surface area contributed by atoms with E-state index in [1.54, 1.807) is 30.3 Å². The van der Waals surface area contributed by atoms with Crippen molar-refractivity contribution in [3.63, 3.8) is 0 Å².